The van der Waals surface area contributed by atoms with E-state index in [-0.39, 0.29) is 5.91 Å². The Hall–Kier alpha value is -0.650. The Bertz CT molecular complexity index is 599. The van der Waals surface area contributed by atoms with Crippen molar-refractivity contribution in [2.45, 2.75) is 0 Å². The molecule has 0 atom stereocenters. The Morgan fingerprint density at radius 2 is 1.67 bits per heavy atom. The van der Waals surface area contributed by atoms with E-state index in [9.17, 15) is 4.79 Å². The van der Waals surface area contributed by atoms with E-state index in [1.54, 1.807) is 6.07 Å². The van der Waals surface area contributed by atoms with Crippen molar-refractivity contribution in [1.82, 2.24) is 0 Å². The monoisotopic (exact) mass is 431 g/mol. The molecule has 0 bridgehead atoms. The van der Waals surface area contributed by atoms with Crippen molar-refractivity contribution in [1.29, 1.82) is 0 Å². The van der Waals surface area contributed by atoms with E-state index in [0.29, 0.717) is 5.56 Å². The zero-order chi connectivity index (χ0) is 13.1. The standard InChI is InChI=1S/C13H8Br3NO/c14-8-5-6-10(15)9(7-8)13(18)17-12-4-2-1-3-11(12)16/h1-7H,(H,17,18). The fraction of sp³-hybridized carbons (Fsp3) is 0. The molecule has 2 nitrogen and oxygen atoms in total. The smallest absolute Gasteiger partial charge is 0.256 e. The molecule has 0 fully saturated rings. The van der Waals surface area contributed by atoms with Crippen molar-refractivity contribution in [3.63, 3.8) is 0 Å². The SMILES string of the molecule is O=C(Nc1ccccc1Br)c1cc(Br)ccc1Br. The summed E-state index contributed by atoms with van der Waals surface area (Å²) in [6.45, 7) is 0. The number of para-hydroxylation sites is 1. The third kappa shape index (κ3) is 3.22. The second-order valence-corrected chi connectivity index (χ2v) is 6.18. The third-order valence-corrected chi connectivity index (χ3v) is 4.17. The molecular formula is C13H8Br3NO. The molecule has 2 aromatic rings. The molecule has 0 aromatic heterocycles. The van der Waals surface area contributed by atoms with Crippen molar-refractivity contribution in [3.8, 4) is 0 Å². The number of hydrogen-bond donors (Lipinski definition) is 1. The largest absolute Gasteiger partial charge is 0.321 e. The Balaban J connectivity index is 2.28. The molecule has 1 amide bonds. The van der Waals surface area contributed by atoms with Crippen LogP contribution in [-0.2, 0) is 0 Å². The lowest BCUT2D eigenvalue weighted by Gasteiger charge is -2.08. The van der Waals surface area contributed by atoms with Crippen LogP contribution in [0.3, 0.4) is 0 Å². The number of anilines is 1. The van der Waals surface area contributed by atoms with Gasteiger partial charge in [0.15, 0.2) is 0 Å². The summed E-state index contributed by atoms with van der Waals surface area (Å²) in [4.78, 5) is 12.2. The lowest BCUT2D eigenvalue weighted by atomic mass is 10.2. The molecular weight excluding hydrogens is 426 g/mol. The van der Waals surface area contributed by atoms with Gasteiger partial charge in [-0.25, -0.2) is 0 Å². The number of halogens is 3. The molecule has 0 spiro atoms. The maximum Gasteiger partial charge on any atom is 0.256 e. The highest BCUT2D eigenvalue weighted by Gasteiger charge is 2.11. The van der Waals surface area contributed by atoms with Gasteiger partial charge in [0.1, 0.15) is 0 Å². The topological polar surface area (TPSA) is 29.1 Å². The zero-order valence-electron chi connectivity index (χ0n) is 9.08. The minimum absolute atomic E-state index is 0.157. The molecule has 0 aliphatic heterocycles. The fourth-order valence-corrected chi connectivity index (χ4v) is 2.60. The van der Waals surface area contributed by atoms with Gasteiger partial charge in [-0.05, 0) is 62.2 Å². The van der Waals surface area contributed by atoms with Crippen LogP contribution < -0.4 is 5.32 Å². The van der Waals surface area contributed by atoms with Gasteiger partial charge in [0.05, 0.1) is 11.3 Å². The van der Waals surface area contributed by atoms with Crippen LogP contribution >= 0.6 is 47.8 Å². The van der Waals surface area contributed by atoms with Gasteiger partial charge in [0, 0.05) is 13.4 Å². The second-order valence-electron chi connectivity index (χ2n) is 3.56. The molecule has 1 N–H and O–H groups in total. The van der Waals surface area contributed by atoms with Gasteiger partial charge in [-0.3, -0.25) is 4.79 Å². The van der Waals surface area contributed by atoms with Gasteiger partial charge >= 0.3 is 0 Å². The lowest BCUT2D eigenvalue weighted by Crippen LogP contribution is -2.12. The minimum atomic E-state index is -0.157. The highest BCUT2D eigenvalue weighted by Crippen LogP contribution is 2.25. The first-order chi connectivity index (χ1) is 8.58. The first-order valence-electron chi connectivity index (χ1n) is 5.09. The van der Waals surface area contributed by atoms with Gasteiger partial charge < -0.3 is 5.32 Å². The Morgan fingerprint density at radius 1 is 0.944 bits per heavy atom. The summed E-state index contributed by atoms with van der Waals surface area (Å²) < 4.78 is 2.47. The van der Waals surface area contributed by atoms with Gasteiger partial charge in [-0.1, -0.05) is 28.1 Å². The minimum Gasteiger partial charge on any atom is -0.321 e. The van der Waals surface area contributed by atoms with E-state index < -0.39 is 0 Å². The number of carbonyl (C=O) groups excluding carboxylic acids is 1. The van der Waals surface area contributed by atoms with Crippen molar-refractivity contribution >= 4 is 59.4 Å². The predicted octanol–water partition coefficient (Wildman–Crippen LogP) is 5.23. The van der Waals surface area contributed by atoms with Crippen molar-refractivity contribution in [2.75, 3.05) is 5.32 Å². The Kier molecular flexibility index (Phi) is 4.59. The Morgan fingerprint density at radius 3 is 2.39 bits per heavy atom. The summed E-state index contributed by atoms with van der Waals surface area (Å²) in [6.07, 6.45) is 0. The second kappa shape index (κ2) is 5.99. The van der Waals surface area contributed by atoms with E-state index in [1.807, 2.05) is 36.4 Å². The van der Waals surface area contributed by atoms with Crippen LogP contribution in [0.5, 0.6) is 0 Å². The number of rotatable bonds is 2. The molecule has 0 radical (unpaired) electrons. The van der Waals surface area contributed by atoms with E-state index in [4.69, 9.17) is 0 Å². The van der Waals surface area contributed by atoms with Gasteiger partial charge in [-0.15, -0.1) is 0 Å². The van der Waals surface area contributed by atoms with Gasteiger partial charge in [0.25, 0.3) is 5.91 Å². The number of nitrogens with one attached hydrogen (secondary N) is 1. The fourth-order valence-electron chi connectivity index (χ4n) is 1.42. The van der Waals surface area contributed by atoms with Crippen molar-refractivity contribution < 1.29 is 4.79 Å². The molecule has 0 aliphatic rings. The maximum atomic E-state index is 12.2. The summed E-state index contributed by atoms with van der Waals surface area (Å²) in [7, 11) is 0. The Labute approximate surface area is 130 Å². The third-order valence-electron chi connectivity index (χ3n) is 2.30. The van der Waals surface area contributed by atoms with Crippen LogP contribution in [0.4, 0.5) is 5.69 Å². The molecule has 92 valence electrons. The maximum absolute atomic E-state index is 12.2. The van der Waals surface area contributed by atoms with Crippen LogP contribution in [0.2, 0.25) is 0 Å². The highest BCUT2D eigenvalue weighted by atomic mass is 79.9. The molecule has 0 aliphatic carbocycles. The zero-order valence-corrected chi connectivity index (χ0v) is 13.8. The molecule has 2 aromatic carbocycles. The van der Waals surface area contributed by atoms with Crippen LogP contribution in [0.25, 0.3) is 0 Å². The molecule has 5 heteroatoms. The molecule has 18 heavy (non-hydrogen) atoms. The molecule has 0 heterocycles. The summed E-state index contributed by atoms with van der Waals surface area (Å²) >= 11 is 10.1. The van der Waals surface area contributed by atoms with Crippen molar-refractivity contribution in [3.05, 3.63) is 61.4 Å². The van der Waals surface area contributed by atoms with E-state index in [1.165, 1.54) is 0 Å². The van der Waals surface area contributed by atoms with Crippen LogP contribution in [0, 0.1) is 0 Å². The molecule has 2 rings (SSSR count). The quantitative estimate of drug-likeness (QED) is 0.690. The van der Waals surface area contributed by atoms with Gasteiger partial charge in [0.2, 0.25) is 0 Å². The number of hydrogen-bond acceptors (Lipinski definition) is 1. The number of carbonyl (C=O) groups is 1. The summed E-state index contributed by atoms with van der Waals surface area (Å²) in [5.41, 5.74) is 1.33. The summed E-state index contributed by atoms with van der Waals surface area (Å²) in [6, 6.07) is 13.0. The number of amides is 1. The average molecular weight is 434 g/mol. The lowest BCUT2D eigenvalue weighted by molar-refractivity contribution is 0.102. The normalized spacial score (nSPS) is 10.2. The summed E-state index contributed by atoms with van der Waals surface area (Å²) in [5.74, 6) is -0.157. The average Bonchev–Trinajstić information content (AvgIpc) is 2.35. The number of benzene rings is 2. The van der Waals surface area contributed by atoms with E-state index in [2.05, 4.69) is 53.1 Å². The van der Waals surface area contributed by atoms with Crippen LogP contribution in [0.1, 0.15) is 10.4 Å². The summed E-state index contributed by atoms with van der Waals surface area (Å²) in [5, 5.41) is 2.86. The molecule has 0 saturated heterocycles. The molecule has 0 saturated carbocycles. The van der Waals surface area contributed by atoms with E-state index in [0.717, 1.165) is 19.1 Å². The highest BCUT2D eigenvalue weighted by molar-refractivity contribution is 9.11. The van der Waals surface area contributed by atoms with Crippen LogP contribution in [0.15, 0.2) is 55.9 Å². The first-order valence-corrected chi connectivity index (χ1v) is 7.47. The van der Waals surface area contributed by atoms with Gasteiger partial charge in [-0.2, -0.15) is 0 Å². The predicted molar refractivity (Wildman–Crippen MR) is 83.9 cm³/mol. The van der Waals surface area contributed by atoms with Crippen LogP contribution in [-0.4, -0.2) is 5.91 Å². The first kappa shape index (κ1) is 13.8. The van der Waals surface area contributed by atoms with E-state index >= 15 is 0 Å². The molecule has 0 unspecified atom stereocenters. The van der Waals surface area contributed by atoms with Crippen molar-refractivity contribution in [2.24, 2.45) is 0 Å².